The molecule has 0 bridgehead atoms. The van der Waals surface area contributed by atoms with Crippen molar-refractivity contribution in [2.45, 2.75) is 39.2 Å². The maximum absolute atomic E-state index is 11.7. The highest BCUT2D eigenvalue weighted by Gasteiger charge is 2.09. The fourth-order valence-electron chi connectivity index (χ4n) is 1.25. The minimum absolute atomic E-state index is 0. The Labute approximate surface area is 125 Å². The SMILES string of the molecule is CCCc1ncc(C(=O)NCCC(C)N)s1.Cl.Cl. The Morgan fingerprint density at radius 3 is 2.78 bits per heavy atom. The zero-order valence-corrected chi connectivity index (χ0v) is 13.1. The normalized spacial score (nSPS) is 11.1. The van der Waals surface area contributed by atoms with E-state index in [0.29, 0.717) is 11.4 Å². The van der Waals surface area contributed by atoms with Crippen LogP contribution in [0, 0.1) is 0 Å². The molecule has 0 aliphatic rings. The average Bonchev–Trinajstić information content (AvgIpc) is 2.66. The Hall–Kier alpha value is -0.360. The lowest BCUT2D eigenvalue weighted by Gasteiger charge is -2.05. The molecule has 1 unspecified atom stereocenters. The molecule has 0 aromatic carbocycles. The van der Waals surface area contributed by atoms with Crippen molar-refractivity contribution in [2.24, 2.45) is 5.73 Å². The van der Waals surface area contributed by atoms with Crippen LogP contribution in [0.1, 0.15) is 41.4 Å². The molecular formula is C11H21Cl2N3OS. The summed E-state index contributed by atoms with van der Waals surface area (Å²) in [6.07, 6.45) is 4.44. The number of amides is 1. The molecule has 1 aromatic heterocycles. The van der Waals surface area contributed by atoms with Crippen LogP contribution in [0.25, 0.3) is 0 Å². The largest absolute Gasteiger partial charge is 0.351 e. The average molecular weight is 314 g/mol. The van der Waals surface area contributed by atoms with E-state index in [0.717, 1.165) is 24.3 Å². The summed E-state index contributed by atoms with van der Waals surface area (Å²) in [6.45, 7) is 4.65. The molecule has 18 heavy (non-hydrogen) atoms. The van der Waals surface area contributed by atoms with Crippen LogP contribution in [0.2, 0.25) is 0 Å². The van der Waals surface area contributed by atoms with Crippen molar-refractivity contribution in [2.75, 3.05) is 6.54 Å². The number of nitrogens with two attached hydrogens (primary N) is 1. The first-order chi connectivity index (χ1) is 7.63. The zero-order valence-electron chi connectivity index (χ0n) is 10.6. The molecule has 7 heteroatoms. The van der Waals surface area contributed by atoms with E-state index in [4.69, 9.17) is 5.73 Å². The highest BCUT2D eigenvalue weighted by atomic mass is 35.5. The Morgan fingerprint density at radius 2 is 2.22 bits per heavy atom. The smallest absolute Gasteiger partial charge is 0.263 e. The Balaban J connectivity index is 0. The molecule has 3 N–H and O–H groups in total. The number of hydrogen-bond donors (Lipinski definition) is 2. The van der Waals surface area contributed by atoms with Crippen LogP contribution in [0.15, 0.2) is 6.20 Å². The van der Waals surface area contributed by atoms with Crippen LogP contribution < -0.4 is 11.1 Å². The van der Waals surface area contributed by atoms with Gasteiger partial charge in [-0.3, -0.25) is 4.79 Å². The number of halogens is 2. The molecule has 0 saturated carbocycles. The summed E-state index contributed by atoms with van der Waals surface area (Å²) in [6, 6.07) is 0.123. The van der Waals surface area contributed by atoms with Crippen LogP contribution >= 0.6 is 36.2 Å². The molecule has 0 fully saturated rings. The van der Waals surface area contributed by atoms with E-state index in [1.54, 1.807) is 6.20 Å². The van der Waals surface area contributed by atoms with Crippen molar-refractivity contribution in [3.05, 3.63) is 16.1 Å². The molecule has 0 saturated heterocycles. The molecule has 106 valence electrons. The standard InChI is InChI=1S/C11H19N3OS.2ClH/c1-3-4-10-14-7-9(16-10)11(15)13-6-5-8(2)12;;/h7-8H,3-6,12H2,1-2H3,(H,13,15);2*1H. The van der Waals surface area contributed by atoms with Gasteiger partial charge in [0.25, 0.3) is 5.91 Å². The van der Waals surface area contributed by atoms with Crippen molar-refractivity contribution in [3.63, 3.8) is 0 Å². The predicted octanol–water partition coefficient (Wildman–Crippen LogP) is 2.41. The number of aryl methyl sites for hydroxylation is 1. The minimum Gasteiger partial charge on any atom is -0.351 e. The summed E-state index contributed by atoms with van der Waals surface area (Å²) < 4.78 is 0. The number of hydrogen-bond acceptors (Lipinski definition) is 4. The summed E-state index contributed by atoms with van der Waals surface area (Å²) in [7, 11) is 0. The van der Waals surface area contributed by atoms with Gasteiger partial charge < -0.3 is 11.1 Å². The van der Waals surface area contributed by atoms with E-state index in [-0.39, 0.29) is 36.8 Å². The topological polar surface area (TPSA) is 68.0 Å². The van der Waals surface area contributed by atoms with Crippen molar-refractivity contribution in [1.29, 1.82) is 0 Å². The van der Waals surface area contributed by atoms with Gasteiger partial charge in [0, 0.05) is 12.6 Å². The van der Waals surface area contributed by atoms with Crippen LogP contribution in [0.3, 0.4) is 0 Å². The first-order valence-corrected chi connectivity index (χ1v) is 6.43. The number of carbonyl (C=O) groups is 1. The number of thiazole rings is 1. The van der Waals surface area contributed by atoms with Gasteiger partial charge in [-0.2, -0.15) is 0 Å². The molecule has 1 atom stereocenters. The second kappa shape index (κ2) is 10.6. The summed E-state index contributed by atoms with van der Waals surface area (Å²) in [4.78, 5) is 16.6. The Morgan fingerprint density at radius 1 is 1.56 bits per heavy atom. The summed E-state index contributed by atoms with van der Waals surface area (Å²) in [5, 5.41) is 3.86. The van der Waals surface area contributed by atoms with Crippen molar-refractivity contribution < 1.29 is 4.79 Å². The third-order valence-electron chi connectivity index (χ3n) is 2.13. The maximum atomic E-state index is 11.7. The molecular weight excluding hydrogens is 293 g/mol. The van der Waals surface area contributed by atoms with Crippen LogP contribution in [0.5, 0.6) is 0 Å². The summed E-state index contributed by atoms with van der Waals surface area (Å²) in [5.41, 5.74) is 5.60. The van der Waals surface area contributed by atoms with Gasteiger partial charge in [-0.25, -0.2) is 4.98 Å². The van der Waals surface area contributed by atoms with Gasteiger partial charge in [0.1, 0.15) is 4.88 Å². The van der Waals surface area contributed by atoms with Crippen LogP contribution in [-0.2, 0) is 6.42 Å². The van der Waals surface area contributed by atoms with Gasteiger partial charge in [0.05, 0.1) is 11.2 Å². The van der Waals surface area contributed by atoms with E-state index in [9.17, 15) is 4.79 Å². The van der Waals surface area contributed by atoms with Crippen LogP contribution in [0.4, 0.5) is 0 Å². The highest BCUT2D eigenvalue weighted by molar-refractivity contribution is 7.13. The molecule has 1 amide bonds. The summed E-state index contributed by atoms with van der Waals surface area (Å²) >= 11 is 1.47. The van der Waals surface area contributed by atoms with Gasteiger partial charge >= 0.3 is 0 Å². The molecule has 0 spiro atoms. The van der Waals surface area contributed by atoms with Crippen molar-refractivity contribution in [3.8, 4) is 0 Å². The van der Waals surface area contributed by atoms with E-state index in [2.05, 4.69) is 17.2 Å². The third-order valence-corrected chi connectivity index (χ3v) is 3.18. The number of nitrogens with zero attached hydrogens (tertiary/aromatic N) is 1. The molecule has 4 nitrogen and oxygen atoms in total. The van der Waals surface area contributed by atoms with Crippen molar-refractivity contribution in [1.82, 2.24) is 10.3 Å². The fourth-order valence-corrected chi connectivity index (χ4v) is 2.18. The predicted molar refractivity (Wildman–Crippen MR) is 81.2 cm³/mol. The van der Waals surface area contributed by atoms with Gasteiger partial charge in [-0.1, -0.05) is 6.92 Å². The molecule has 1 heterocycles. The van der Waals surface area contributed by atoms with Crippen LogP contribution in [-0.4, -0.2) is 23.5 Å². The van der Waals surface area contributed by atoms with E-state index in [1.165, 1.54) is 11.3 Å². The quantitative estimate of drug-likeness (QED) is 0.847. The number of nitrogens with one attached hydrogen (secondary N) is 1. The highest BCUT2D eigenvalue weighted by Crippen LogP contribution is 2.14. The van der Waals surface area contributed by atoms with E-state index < -0.39 is 0 Å². The molecule has 0 radical (unpaired) electrons. The van der Waals surface area contributed by atoms with E-state index in [1.807, 2.05) is 6.92 Å². The summed E-state index contributed by atoms with van der Waals surface area (Å²) in [5.74, 6) is -0.0412. The van der Waals surface area contributed by atoms with Gasteiger partial charge in [0.15, 0.2) is 0 Å². The van der Waals surface area contributed by atoms with Gasteiger partial charge in [-0.05, 0) is 26.2 Å². The fraction of sp³-hybridized carbons (Fsp3) is 0.636. The zero-order chi connectivity index (χ0) is 12.0. The molecule has 1 rings (SSSR count). The van der Waals surface area contributed by atoms with Crippen molar-refractivity contribution >= 4 is 42.1 Å². The lowest BCUT2D eigenvalue weighted by atomic mass is 10.2. The Kier molecular flexibility index (Phi) is 11.7. The second-order valence-corrected chi connectivity index (χ2v) is 5.01. The number of carbonyl (C=O) groups excluding carboxylic acids is 1. The monoisotopic (exact) mass is 313 g/mol. The first-order valence-electron chi connectivity index (χ1n) is 5.62. The lowest BCUT2D eigenvalue weighted by Crippen LogP contribution is -2.28. The van der Waals surface area contributed by atoms with Gasteiger partial charge in [-0.15, -0.1) is 36.2 Å². The maximum Gasteiger partial charge on any atom is 0.263 e. The second-order valence-electron chi connectivity index (χ2n) is 3.89. The third kappa shape index (κ3) is 7.16. The number of aromatic nitrogens is 1. The molecule has 0 aliphatic heterocycles. The van der Waals surface area contributed by atoms with Gasteiger partial charge in [0.2, 0.25) is 0 Å². The Bertz CT molecular complexity index is 345. The number of rotatable bonds is 6. The molecule has 1 aromatic rings. The minimum atomic E-state index is -0.0412. The van der Waals surface area contributed by atoms with E-state index >= 15 is 0 Å². The lowest BCUT2D eigenvalue weighted by molar-refractivity contribution is 0.0956. The molecule has 0 aliphatic carbocycles. The first kappa shape index (κ1) is 20.0.